The van der Waals surface area contributed by atoms with E-state index in [9.17, 15) is 14.7 Å². The zero-order chi connectivity index (χ0) is 26.8. The van der Waals surface area contributed by atoms with E-state index in [1.165, 1.54) is 4.40 Å². The number of fused-ring (bicyclic) bond motifs is 1. The maximum Gasteiger partial charge on any atom is 0.267 e. The summed E-state index contributed by atoms with van der Waals surface area (Å²) < 4.78 is 1.89. The van der Waals surface area contributed by atoms with Crippen molar-refractivity contribution in [3.8, 4) is 0 Å². The molecule has 2 aromatic heterocycles. The van der Waals surface area contributed by atoms with Crippen LogP contribution in [0.3, 0.4) is 0 Å². The molecule has 1 fully saturated rings. The summed E-state index contributed by atoms with van der Waals surface area (Å²) in [6, 6.07) is 22.3. The number of rotatable bonds is 7. The molecule has 0 bridgehead atoms. The number of benzene rings is 2. The van der Waals surface area contributed by atoms with E-state index in [1.807, 2.05) is 80.6 Å². The van der Waals surface area contributed by atoms with Gasteiger partial charge in [0.15, 0.2) is 0 Å². The number of thiocarbonyl (C=S) groups is 1. The quantitative estimate of drug-likeness (QED) is 0.248. The monoisotopic (exact) mass is 542 g/mol. The summed E-state index contributed by atoms with van der Waals surface area (Å²) in [5.41, 5.74) is 2.93. The van der Waals surface area contributed by atoms with Crippen molar-refractivity contribution in [1.29, 1.82) is 0 Å². The molecule has 2 atom stereocenters. The summed E-state index contributed by atoms with van der Waals surface area (Å²) in [6.45, 7) is 3.93. The van der Waals surface area contributed by atoms with E-state index in [0.29, 0.717) is 20.7 Å². The highest BCUT2D eigenvalue weighted by atomic mass is 32.2. The van der Waals surface area contributed by atoms with Gasteiger partial charge in [0, 0.05) is 12.7 Å². The van der Waals surface area contributed by atoms with E-state index in [-0.39, 0.29) is 29.6 Å². The fourth-order valence-corrected chi connectivity index (χ4v) is 5.79. The Bertz CT molecular complexity index is 1600. The fraction of sp³-hybridized carbons (Fsp3) is 0.172. The number of aliphatic hydroxyl groups excluding tert-OH is 1. The third-order valence-corrected chi connectivity index (χ3v) is 7.83. The van der Waals surface area contributed by atoms with Crippen molar-refractivity contribution in [2.45, 2.75) is 26.0 Å². The van der Waals surface area contributed by atoms with E-state index in [2.05, 4.69) is 5.32 Å². The molecule has 1 saturated heterocycles. The van der Waals surface area contributed by atoms with Crippen LogP contribution in [0.15, 0.2) is 88.7 Å². The summed E-state index contributed by atoms with van der Waals surface area (Å²) in [5, 5.41) is 13.8. The van der Waals surface area contributed by atoms with Gasteiger partial charge in [-0.3, -0.25) is 18.9 Å². The van der Waals surface area contributed by atoms with Gasteiger partial charge in [-0.05, 0) is 42.7 Å². The predicted octanol–water partition coefficient (Wildman–Crippen LogP) is 5.11. The maximum atomic E-state index is 13.6. The molecule has 38 heavy (non-hydrogen) atoms. The summed E-state index contributed by atoms with van der Waals surface area (Å²) in [7, 11) is 0. The average Bonchev–Trinajstić information content (AvgIpc) is 3.22. The molecule has 0 radical (unpaired) electrons. The molecule has 2 aromatic carbocycles. The molecule has 1 amide bonds. The molecule has 4 aromatic rings. The molecule has 7 nitrogen and oxygen atoms in total. The smallest absolute Gasteiger partial charge is 0.267 e. The van der Waals surface area contributed by atoms with E-state index in [1.54, 1.807) is 23.2 Å². The number of nitrogens with zero attached hydrogens (tertiary/aromatic N) is 3. The van der Waals surface area contributed by atoms with Gasteiger partial charge in [-0.25, -0.2) is 4.98 Å². The largest absolute Gasteiger partial charge is 0.387 e. The molecule has 1 aliphatic heterocycles. The lowest BCUT2D eigenvalue weighted by atomic mass is 10.1. The molecule has 0 saturated carbocycles. The second-order valence-electron chi connectivity index (χ2n) is 9.01. The number of pyridine rings is 1. The van der Waals surface area contributed by atoms with Crippen molar-refractivity contribution in [3.05, 3.63) is 117 Å². The Hall–Kier alpha value is -3.79. The van der Waals surface area contributed by atoms with Crippen molar-refractivity contribution in [1.82, 2.24) is 14.3 Å². The maximum absolute atomic E-state index is 13.6. The number of carbonyl (C=O) groups is 1. The first kappa shape index (κ1) is 25.8. The van der Waals surface area contributed by atoms with Crippen LogP contribution in [0.4, 0.5) is 5.82 Å². The Morgan fingerprint density at radius 2 is 1.68 bits per heavy atom. The molecule has 9 heteroatoms. The number of aryl methyl sites for hydroxylation is 1. The van der Waals surface area contributed by atoms with E-state index in [4.69, 9.17) is 17.2 Å². The van der Waals surface area contributed by atoms with Crippen LogP contribution < -0.4 is 10.9 Å². The first-order chi connectivity index (χ1) is 18.3. The SMILES string of the molecule is Cc1cccn2c(=O)c(/C=C3\SC(=S)N([C@H](C)c4ccccc4)C3=O)c(NC[C@H](O)c3ccccc3)nc12. The van der Waals surface area contributed by atoms with E-state index in [0.717, 1.165) is 28.5 Å². The predicted molar refractivity (Wildman–Crippen MR) is 156 cm³/mol. The minimum Gasteiger partial charge on any atom is -0.387 e. The summed E-state index contributed by atoms with van der Waals surface area (Å²) >= 11 is 6.73. The van der Waals surface area contributed by atoms with Crippen molar-refractivity contribution in [2.24, 2.45) is 0 Å². The number of nitrogens with one attached hydrogen (secondary N) is 1. The van der Waals surface area contributed by atoms with Gasteiger partial charge >= 0.3 is 0 Å². The summed E-state index contributed by atoms with van der Waals surface area (Å²) in [5.74, 6) is 0.0287. The van der Waals surface area contributed by atoms with Crippen molar-refractivity contribution < 1.29 is 9.90 Å². The zero-order valence-electron chi connectivity index (χ0n) is 20.9. The second-order valence-corrected chi connectivity index (χ2v) is 10.7. The Kier molecular flexibility index (Phi) is 7.42. The molecule has 0 unspecified atom stereocenters. The molecule has 1 aliphatic rings. The third-order valence-electron chi connectivity index (χ3n) is 6.50. The van der Waals surface area contributed by atoms with Gasteiger partial charge in [-0.2, -0.15) is 0 Å². The summed E-state index contributed by atoms with van der Waals surface area (Å²) in [6.07, 6.45) is 2.39. The first-order valence-corrected chi connectivity index (χ1v) is 13.4. The topological polar surface area (TPSA) is 86.9 Å². The number of carbonyl (C=O) groups excluding carboxylic acids is 1. The van der Waals surface area contributed by atoms with Crippen molar-refractivity contribution >= 4 is 51.7 Å². The fourth-order valence-electron chi connectivity index (χ4n) is 4.39. The Morgan fingerprint density at radius 1 is 1.03 bits per heavy atom. The van der Waals surface area contributed by atoms with Crippen LogP contribution in [0.1, 0.15) is 41.3 Å². The standard InChI is InChI=1S/C29H26N4O3S2/c1-18-10-9-15-32-26(18)31-25(30-17-23(34)21-13-7-4-8-14-21)22(27(32)35)16-24-28(36)33(29(37)38-24)19(2)20-11-5-3-6-12-20/h3-16,19,23,30,34H,17H2,1-2H3/b24-16-/t19-,23+/m1/s1. The third kappa shape index (κ3) is 5.00. The summed E-state index contributed by atoms with van der Waals surface area (Å²) in [4.78, 5) is 33.8. The lowest BCUT2D eigenvalue weighted by Crippen LogP contribution is -2.31. The van der Waals surface area contributed by atoms with E-state index < -0.39 is 6.10 Å². The zero-order valence-corrected chi connectivity index (χ0v) is 22.5. The van der Waals surface area contributed by atoms with Gasteiger partial charge in [-0.1, -0.05) is 90.7 Å². The number of hydrogen-bond donors (Lipinski definition) is 2. The van der Waals surface area contributed by atoms with Crippen LogP contribution >= 0.6 is 24.0 Å². The van der Waals surface area contributed by atoms with Gasteiger partial charge in [0.1, 0.15) is 15.8 Å². The van der Waals surface area contributed by atoms with Crippen LogP contribution in [0.25, 0.3) is 11.7 Å². The highest BCUT2D eigenvalue weighted by molar-refractivity contribution is 8.26. The molecular weight excluding hydrogens is 516 g/mol. The highest BCUT2D eigenvalue weighted by Gasteiger charge is 2.36. The van der Waals surface area contributed by atoms with Crippen molar-refractivity contribution in [3.63, 3.8) is 0 Å². The van der Waals surface area contributed by atoms with Crippen LogP contribution in [0.5, 0.6) is 0 Å². The minimum absolute atomic E-state index is 0.130. The minimum atomic E-state index is -0.814. The molecule has 192 valence electrons. The number of thioether (sulfide) groups is 1. The normalized spacial score (nSPS) is 16.3. The number of hydrogen-bond acceptors (Lipinski definition) is 7. The lowest BCUT2D eigenvalue weighted by molar-refractivity contribution is -0.123. The van der Waals surface area contributed by atoms with Crippen molar-refractivity contribution in [2.75, 3.05) is 11.9 Å². The number of aliphatic hydroxyl groups is 1. The van der Waals surface area contributed by atoms with Gasteiger partial charge in [-0.15, -0.1) is 0 Å². The Labute approximate surface area is 229 Å². The second kappa shape index (κ2) is 10.9. The molecule has 0 aliphatic carbocycles. The molecule has 0 spiro atoms. The van der Waals surface area contributed by atoms with Gasteiger partial charge in [0.2, 0.25) is 0 Å². The van der Waals surface area contributed by atoms with Crippen LogP contribution in [-0.2, 0) is 4.79 Å². The molecule has 3 heterocycles. The number of anilines is 1. The van der Waals surface area contributed by atoms with Crippen LogP contribution in [0.2, 0.25) is 0 Å². The first-order valence-electron chi connectivity index (χ1n) is 12.2. The molecular formula is C29H26N4O3S2. The van der Waals surface area contributed by atoms with E-state index >= 15 is 0 Å². The average molecular weight is 543 g/mol. The lowest BCUT2D eigenvalue weighted by Gasteiger charge is -2.23. The van der Waals surface area contributed by atoms with Gasteiger partial charge < -0.3 is 10.4 Å². The van der Waals surface area contributed by atoms with Gasteiger partial charge in [0.25, 0.3) is 11.5 Å². The number of amides is 1. The van der Waals surface area contributed by atoms with Crippen LogP contribution in [0, 0.1) is 6.92 Å². The number of aromatic nitrogens is 2. The van der Waals surface area contributed by atoms with Gasteiger partial charge in [0.05, 0.1) is 22.6 Å². The highest BCUT2D eigenvalue weighted by Crippen LogP contribution is 2.38. The van der Waals surface area contributed by atoms with Crippen LogP contribution in [-0.4, -0.2) is 36.2 Å². The molecule has 5 rings (SSSR count). The Balaban J connectivity index is 1.53. The Morgan fingerprint density at radius 3 is 2.37 bits per heavy atom. The molecule has 2 N–H and O–H groups in total.